The van der Waals surface area contributed by atoms with Crippen molar-refractivity contribution in [2.45, 2.75) is 13.0 Å². The summed E-state index contributed by atoms with van der Waals surface area (Å²) in [5.41, 5.74) is 1.12. The van der Waals surface area contributed by atoms with E-state index < -0.39 is 0 Å². The standard InChI is InChI=1S/C10H12BrNO/c1-2-3-6-13-8-9-4-5-12-7-10(9)11/h2,4-5,7H,1,3,6,8H2. The van der Waals surface area contributed by atoms with E-state index in [2.05, 4.69) is 27.5 Å². The van der Waals surface area contributed by atoms with E-state index in [0.717, 1.165) is 23.1 Å². The van der Waals surface area contributed by atoms with E-state index in [1.54, 1.807) is 12.4 Å². The van der Waals surface area contributed by atoms with E-state index in [-0.39, 0.29) is 0 Å². The molecule has 1 heterocycles. The first-order chi connectivity index (χ1) is 6.34. The molecule has 0 aliphatic heterocycles. The molecule has 0 amide bonds. The zero-order valence-corrected chi connectivity index (χ0v) is 8.96. The third-order valence-electron chi connectivity index (χ3n) is 1.58. The average molecular weight is 242 g/mol. The molecule has 0 fully saturated rings. The molecule has 70 valence electrons. The maximum atomic E-state index is 5.41. The number of halogens is 1. The maximum Gasteiger partial charge on any atom is 0.0729 e. The van der Waals surface area contributed by atoms with Crippen LogP contribution in [0, 0.1) is 0 Å². The van der Waals surface area contributed by atoms with Crippen LogP contribution in [-0.4, -0.2) is 11.6 Å². The number of aromatic nitrogens is 1. The van der Waals surface area contributed by atoms with Gasteiger partial charge in [0.1, 0.15) is 0 Å². The van der Waals surface area contributed by atoms with Crippen LogP contribution in [0.25, 0.3) is 0 Å². The van der Waals surface area contributed by atoms with E-state index >= 15 is 0 Å². The summed E-state index contributed by atoms with van der Waals surface area (Å²) >= 11 is 3.40. The largest absolute Gasteiger partial charge is 0.376 e. The lowest BCUT2D eigenvalue weighted by molar-refractivity contribution is 0.125. The van der Waals surface area contributed by atoms with Crippen LogP contribution in [0.4, 0.5) is 0 Å². The van der Waals surface area contributed by atoms with Crippen LogP contribution in [0.3, 0.4) is 0 Å². The third-order valence-corrected chi connectivity index (χ3v) is 2.29. The number of pyridine rings is 1. The normalized spacial score (nSPS) is 9.92. The quantitative estimate of drug-likeness (QED) is 0.585. The first-order valence-corrected chi connectivity index (χ1v) is 4.91. The molecule has 0 atom stereocenters. The molecule has 1 rings (SSSR count). The zero-order chi connectivity index (χ0) is 9.52. The second kappa shape index (κ2) is 5.89. The van der Waals surface area contributed by atoms with Gasteiger partial charge in [-0.15, -0.1) is 6.58 Å². The first-order valence-electron chi connectivity index (χ1n) is 4.11. The summed E-state index contributed by atoms with van der Waals surface area (Å²) in [6.45, 7) is 4.97. The fraction of sp³-hybridized carbons (Fsp3) is 0.300. The van der Waals surface area contributed by atoms with Gasteiger partial charge in [-0.2, -0.15) is 0 Å². The number of hydrogen-bond acceptors (Lipinski definition) is 2. The van der Waals surface area contributed by atoms with Crippen molar-refractivity contribution in [1.29, 1.82) is 0 Å². The molecule has 0 aliphatic carbocycles. The SMILES string of the molecule is C=CCCOCc1ccncc1Br. The van der Waals surface area contributed by atoms with Crippen LogP contribution < -0.4 is 0 Å². The molecular weight excluding hydrogens is 230 g/mol. The van der Waals surface area contributed by atoms with Crippen molar-refractivity contribution in [1.82, 2.24) is 4.98 Å². The minimum absolute atomic E-state index is 0.622. The van der Waals surface area contributed by atoms with Crippen molar-refractivity contribution in [3.05, 3.63) is 41.2 Å². The molecule has 0 saturated carbocycles. The average Bonchev–Trinajstić information content (AvgIpc) is 2.15. The molecule has 0 N–H and O–H groups in total. The number of hydrogen-bond donors (Lipinski definition) is 0. The first kappa shape index (κ1) is 10.4. The molecule has 0 bridgehead atoms. The summed E-state index contributed by atoms with van der Waals surface area (Å²) < 4.78 is 6.41. The molecule has 2 nitrogen and oxygen atoms in total. The Bertz CT molecular complexity index is 275. The molecule has 0 radical (unpaired) electrons. The van der Waals surface area contributed by atoms with Gasteiger partial charge in [-0.25, -0.2) is 0 Å². The highest BCUT2D eigenvalue weighted by molar-refractivity contribution is 9.10. The lowest BCUT2D eigenvalue weighted by Crippen LogP contribution is -1.95. The van der Waals surface area contributed by atoms with E-state index in [4.69, 9.17) is 4.74 Å². The van der Waals surface area contributed by atoms with Gasteiger partial charge < -0.3 is 4.74 Å². The Morgan fingerprint density at radius 1 is 1.62 bits per heavy atom. The van der Waals surface area contributed by atoms with E-state index in [0.29, 0.717) is 6.61 Å². The van der Waals surface area contributed by atoms with Crippen LogP contribution in [0.1, 0.15) is 12.0 Å². The van der Waals surface area contributed by atoms with Crippen molar-refractivity contribution in [2.75, 3.05) is 6.61 Å². The minimum Gasteiger partial charge on any atom is -0.376 e. The van der Waals surface area contributed by atoms with E-state index in [1.807, 2.05) is 12.1 Å². The topological polar surface area (TPSA) is 22.1 Å². The van der Waals surface area contributed by atoms with E-state index in [9.17, 15) is 0 Å². The Hall–Kier alpha value is -0.670. The van der Waals surface area contributed by atoms with Crippen molar-refractivity contribution in [2.24, 2.45) is 0 Å². The maximum absolute atomic E-state index is 5.41. The van der Waals surface area contributed by atoms with Gasteiger partial charge in [0.25, 0.3) is 0 Å². The molecule has 3 heteroatoms. The van der Waals surface area contributed by atoms with Crippen LogP contribution in [0.5, 0.6) is 0 Å². The van der Waals surface area contributed by atoms with Gasteiger partial charge >= 0.3 is 0 Å². The second-order valence-corrected chi connectivity index (χ2v) is 3.45. The molecule has 1 aromatic heterocycles. The van der Waals surface area contributed by atoms with Gasteiger partial charge in [0.05, 0.1) is 13.2 Å². The van der Waals surface area contributed by atoms with Crippen LogP contribution in [0.2, 0.25) is 0 Å². The Kier molecular flexibility index (Phi) is 4.72. The van der Waals surface area contributed by atoms with Crippen LogP contribution in [0.15, 0.2) is 35.6 Å². The number of ether oxygens (including phenoxy) is 1. The molecule has 13 heavy (non-hydrogen) atoms. The van der Waals surface area contributed by atoms with Crippen molar-refractivity contribution < 1.29 is 4.74 Å². The molecule has 0 aromatic carbocycles. The summed E-state index contributed by atoms with van der Waals surface area (Å²) in [5.74, 6) is 0. The van der Waals surface area contributed by atoms with Gasteiger partial charge in [0.15, 0.2) is 0 Å². The van der Waals surface area contributed by atoms with Gasteiger partial charge in [-0.05, 0) is 34.0 Å². The lowest BCUT2D eigenvalue weighted by Gasteiger charge is -2.03. The van der Waals surface area contributed by atoms with Crippen molar-refractivity contribution in [3.63, 3.8) is 0 Å². The van der Waals surface area contributed by atoms with Crippen molar-refractivity contribution in [3.8, 4) is 0 Å². The Balaban J connectivity index is 2.36. The predicted molar refractivity (Wildman–Crippen MR) is 56.4 cm³/mol. The van der Waals surface area contributed by atoms with Gasteiger partial charge in [0.2, 0.25) is 0 Å². The summed E-state index contributed by atoms with van der Waals surface area (Å²) in [6, 6.07) is 1.94. The Morgan fingerprint density at radius 2 is 2.46 bits per heavy atom. The molecule has 0 saturated heterocycles. The van der Waals surface area contributed by atoms with Crippen molar-refractivity contribution >= 4 is 15.9 Å². The third kappa shape index (κ3) is 3.70. The predicted octanol–water partition coefficient (Wildman–Crippen LogP) is 2.94. The monoisotopic (exact) mass is 241 g/mol. The summed E-state index contributed by atoms with van der Waals surface area (Å²) in [4.78, 5) is 3.97. The fourth-order valence-electron chi connectivity index (χ4n) is 0.870. The molecular formula is C10H12BrNO. The molecule has 0 aliphatic rings. The molecule has 1 aromatic rings. The summed E-state index contributed by atoms with van der Waals surface area (Å²) in [7, 11) is 0. The number of nitrogens with zero attached hydrogens (tertiary/aromatic N) is 1. The van der Waals surface area contributed by atoms with E-state index in [1.165, 1.54) is 0 Å². The molecule has 0 unspecified atom stereocenters. The smallest absolute Gasteiger partial charge is 0.0729 e. The number of rotatable bonds is 5. The Labute approximate surface area is 86.8 Å². The van der Waals surface area contributed by atoms with Gasteiger partial charge in [-0.3, -0.25) is 4.98 Å². The minimum atomic E-state index is 0.622. The molecule has 0 spiro atoms. The highest BCUT2D eigenvalue weighted by atomic mass is 79.9. The van der Waals surface area contributed by atoms with Crippen LogP contribution in [-0.2, 0) is 11.3 Å². The summed E-state index contributed by atoms with van der Waals surface area (Å²) in [5, 5.41) is 0. The fourth-order valence-corrected chi connectivity index (χ4v) is 1.23. The Morgan fingerprint density at radius 3 is 3.15 bits per heavy atom. The highest BCUT2D eigenvalue weighted by Crippen LogP contribution is 2.14. The highest BCUT2D eigenvalue weighted by Gasteiger charge is 1.97. The second-order valence-electron chi connectivity index (χ2n) is 2.60. The van der Waals surface area contributed by atoms with Gasteiger partial charge in [-0.1, -0.05) is 6.08 Å². The van der Waals surface area contributed by atoms with Crippen LogP contribution >= 0.6 is 15.9 Å². The lowest BCUT2D eigenvalue weighted by atomic mass is 10.3. The zero-order valence-electron chi connectivity index (χ0n) is 7.37. The van der Waals surface area contributed by atoms with Gasteiger partial charge in [0, 0.05) is 16.9 Å². The summed E-state index contributed by atoms with van der Waals surface area (Å²) in [6.07, 6.45) is 6.27.